The molecule has 0 bridgehead atoms. The average molecular weight is 385 g/mol. The summed E-state index contributed by atoms with van der Waals surface area (Å²) in [5, 5.41) is 4.43. The van der Waals surface area contributed by atoms with Crippen molar-refractivity contribution in [3.05, 3.63) is 69.0 Å². The maximum Gasteiger partial charge on any atom is -0.00611 e. The molecule has 1 heterocycles. The summed E-state index contributed by atoms with van der Waals surface area (Å²) in [6, 6.07) is 2.24. The van der Waals surface area contributed by atoms with Crippen molar-refractivity contribution in [1.29, 1.82) is 0 Å². The molecule has 0 amide bonds. The van der Waals surface area contributed by atoms with Gasteiger partial charge in [-0.1, -0.05) is 53.5 Å². The third kappa shape index (κ3) is 12.6. The Balaban J connectivity index is 2.19. The zero-order valence-electron chi connectivity index (χ0n) is 18.3. The van der Waals surface area contributed by atoms with Gasteiger partial charge in [0.05, 0.1) is 0 Å². The van der Waals surface area contributed by atoms with Gasteiger partial charge in [-0.05, 0) is 108 Å². The standard InChI is InChI=1S/C26H40S/c1-6-22(2)11-7-12-23(3)13-8-14-24(4)15-9-16-25(5)17-10-18-26-19-20-27-21-26/h11,13,15,17,19-21H,6-10,12,14,16,18H2,1-5H3/b22-11+,23-13+,24-15+,25-17+. The van der Waals surface area contributed by atoms with Crippen LogP contribution in [-0.4, -0.2) is 0 Å². The summed E-state index contributed by atoms with van der Waals surface area (Å²) in [5.41, 5.74) is 7.58. The number of aryl methyl sites for hydroxylation is 1. The van der Waals surface area contributed by atoms with Crippen molar-refractivity contribution in [2.75, 3.05) is 0 Å². The van der Waals surface area contributed by atoms with Gasteiger partial charge in [-0.3, -0.25) is 0 Å². The molecule has 1 heteroatoms. The first kappa shape index (κ1) is 23.7. The van der Waals surface area contributed by atoms with Crippen molar-refractivity contribution in [3.63, 3.8) is 0 Å². The van der Waals surface area contributed by atoms with Crippen LogP contribution in [0.15, 0.2) is 63.4 Å². The zero-order chi connectivity index (χ0) is 19.9. The molecule has 0 atom stereocenters. The van der Waals surface area contributed by atoms with E-state index in [0.717, 1.165) is 0 Å². The first-order chi connectivity index (χ1) is 13.0. The topological polar surface area (TPSA) is 0 Å². The highest BCUT2D eigenvalue weighted by Gasteiger charge is 1.95. The molecule has 0 aliphatic heterocycles. The Morgan fingerprint density at radius 3 is 1.67 bits per heavy atom. The molecule has 0 saturated heterocycles. The molecule has 0 fully saturated rings. The summed E-state index contributed by atoms with van der Waals surface area (Å²) in [4.78, 5) is 0. The summed E-state index contributed by atoms with van der Waals surface area (Å²) in [7, 11) is 0. The summed E-state index contributed by atoms with van der Waals surface area (Å²) >= 11 is 1.79. The number of hydrogen-bond acceptors (Lipinski definition) is 1. The van der Waals surface area contributed by atoms with Crippen LogP contribution in [-0.2, 0) is 6.42 Å². The predicted octanol–water partition coefficient (Wildman–Crippen LogP) is 9.22. The van der Waals surface area contributed by atoms with Crippen LogP contribution in [0.3, 0.4) is 0 Å². The second-order valence-corrected chi connectivity index (χ2v) is 8.62. The first-order valence-electron chi connectivity index (χ1n) is 10.6. The Kier molecular flexibility index (Phi) is 12.9. The Morgan fingerprint density at radius 1 is 0.741 bits per heavy atom. The quantitative estimate of drug-likeness (QED) is 0.297. The third-order valence-electron chi connectivity index (χ3n) is 5.16. The lowest BCUT2D eigenvalue weighted by atomic mass is 10.0. The van der Waals surface area contributed by atoms with Crippen LogP contribution in [0.1, 0.15) is 91.5 Å². The SMILES string of the molecule is CC/C(C)=C/CC/C(C)=C/CC/C(C)=C/CC/C(C)=C/CCc1ccsc1. The molecular formula is C26H40S. The van der Waals surface area contributed by atoms with Gasteiger partial charge >= 0.3 is 0 Å². The third-order valence-corrected chi connectivity index (χ3v) is 5.89. The summed E-state index contributed by atoms with van der Waals surface area (Å²) < 4.78 is 0. The molecule has 0 spiro atoms. The molecule has 0 aliphatic carbocycles. The van der Waals surface area contributed by atoms with Gasteiger partial charge in [-0.15, -0.1) is 0 Å². The Bertz CT molecular complexity index is 623. The van der Waals surface area contributed by atoms with Crippen LogP contribution in [0.4, 0.5) is 0 Å². The van der Waals surface area contributed by atoms with E-state index in [1.165, 1.54) is 85.6 Å². The largest absolute Gasteiger partial charge is 0.152 e. The molecule has 150 valence electrons. The minimum Gasteiger partial charge on any atom is -0.152 e. The Hall–Kier alpha value is -1.34. The van der Waals surface area contributed by atoms with E-state index in [1.54, 1.807) is 11.3 Å². The zero-order valence-corrected chi connectivity index (χ0v) is 19.1. The second kappa shape index (κ2) is 14.7. The van der Waals surface area contributed by atoms with Crippen LogP contribution >= 0.6 is 11.3 Å². The van der Waals surface area contributed by atoms with Gasteiger partial charge in [0, 0.05) is 0 Å². The van der Waals surface area contributed by atoms with E-state index in [0.29, 0.717) is 0 Å². The fourth-order valence-corrected chi connectivity index (χ4v) is 3.71. The molecule has 0 N–H and O–H groups in total. The molecule has 1 aromatic rings. The molecule has 27 heavy (non-hydrogen) atoms. The number of hydrogen-bond donors (Lipinski definition) is 0. The Morgan fingerprint density at radius 2 is 1.22 bits per heavy atom. The van der Waals surface area contributed by atoms with Crippen LogP contribution in [0.25, 0.3) is 0 Å². The van der Waals surface area contributed by atoms with Gasteiger partial charge < -0.3 is 0 Å². The molecule has 0 unspecified atom stereocenters. The summed E-state index contributed by atoms with van der Waals surface area (Å²) in [5.74, 6) is 0. The lowest BCUT2D eigenvalue weighted by Crippen LogP contribution is -1.83. The molecule has 0 aliphatic rings. The van der Waals surface area contributed by atoms with E-state index in [-0.39, 0.29) is 0 Å². The molecule has 0 nitrogen and oxygen atoms in total. The van der Waals surface area contributed by atoms with Gasteiger partial charge in [0.25, 0.3) is 0 Å². The fourth-order valence-electron chi connectivity index (χ4n) is 3.01. The van der Waals surface area contributed by atoms with Crippen molar-refractivity contribution >= 4 is 11.3 Å². The van der Waals surface area contributed by atoms with Crippen molar-refractivity contribution in [3.8, 4) is 0 Å². The molecular weight excluding hydrogens is 344 g/mol. The van der Waals surface area contributed by atoms with Crippen molar-refractivity contribution in [2.24, 2.45) is 0 Å². The second-order valence-electron chi connectivity index (χ2n) is 7.84. The number of thiophene rings is 1. The van der Waals surface area contributed by atoms with E-state index in [1.807, 2.05) is 0 Å². The van der Waals surface area contributed by atoms with Gasteiger partial charge in [0.15, 0.2) is 0 Å². The molecule has 0 saturated carbocycles. The minimum absolute atomic E-state index is 1.17. The maximum absolute atomic E-state index is 2.44. The van der Waals surface area contributed by atoms with E-state index in [4.69, 9.17) is 0 Å². The monoisotopic (exact) mass is 384 g/mol. The van der Waals surface area contributed by atoms with E-state index >= 15 is 0 Å². The summed E-state index contributed by atoms with van der Waals surface area (Å²) in [6.45, 7) is 11.3. The van der Waals surface area contributed by atoms with E-state index < -0.39 is 0 Å². The lowest BCUT2D eigenvalue weighted by Gasteiger charge is -2.03. The number of rotatable bonds is 13. The predicted molar refractivity (Wildman–Crippen MR) is 126 cm³/mol. The maximum atomic E-state index is 2.44. The molecule has 1 aromatic heterocycles. The van der Waals surface area contributed by atoms with Crippen molar-refractivity contribution < 1.29 is 0 Å². The van der Waals surface area contributed by atoms with Crippen molar-refractivity contribution in [2.45, 2.75) is 92.4 Å². The fraction of sp³-hybridized carbons (Fsp3) is 0.538. The number of allylic oxidation sites excluding steroid dienone is 8. The highest BCUT2D eigenvalue weighted by atomic mass is 32.1. The molecule has 1 rings (SSSR count). The first-order valence-corrected chi connectivity index (χ1v) is 11.6. The van der Waals surface area contributed by atoms with Crippen LogP contribution in [0.5, 0.6) is 0 Å². The normalized spacial score (nSPS) is 14.1. The van der Waals surface area contributed by atoms with Gasteiger partial charge in [-0.2, -0.15) is 11.3 Å². The van der Waals surface area contributed by atoms with Gasteiger partial charge in [0.2, 0.25) is 0 Å². The van der Waals surface area contributed by atoms with E-state index in [2.05, 4.69) is 75.7 Å². The van der Waals surface area contributed by atoms with E-state index in [9.17, 15) is 0 Å². The average Bonchev–Trinajstić information content (AvgIpc) is 3.15. The summed E-state index contributed by atoms with van der Waals surface area (Å²) in [6.07, 6.45) is 20.3. The highest BCUT2D eigenvalue weighted by Crippen LogP contribution is 2.15. The molecule has 0 radical (unpaired) electrons. The van der Waals surface area contributed by atoms with Crippen LogP contribution < -0.4 is 0 Å². The van der Waals surface area contributed by atoms with Crippen LogP contribution in [0.2, 0.25) is 0 Å². The lowest BCUT2D eigenvalue weighted by molar-refractivity contribution is 0.892. The van der Waals surface area contributed by atoms with Gasteiger partial charge in [-0.25, -0.2) is 0 Å². The highest BCUT2D eigenvalue weighted by molar-refractivity contribution is 7.07. The van der Waals surface area contributed by atoms with Crippen molar-refractivity contribution in [1.82, 2.24) is 0 Å². The Labute approximate surface area is 172 Å². The van der Waals surface area contributed by atoms with Gasteiger partial charge in [0.1, 0.15) is 0 Å². The van der Waals surface area contributed by atoms with Crippen LogP contribution in [0, 0.1) is 0 Å². The smallest absolute Gasteiger partial charge is 0.00611 e. The minimum atomic E-state index is 1.17. The molecule has 0 aromatic carbocycles.